The third-order valence-electron chi connectivity index (χ3n) is 2.52. The van der Waals surface area contributed by atoms with Crippen molar-refractivity contribution >= 4 is 11.5 Å². The minimum absolute atomic E-state index is 0.329. The summed E-state index contributed by atoms with van der Waals surface area (Å²) in [6.45, 7) is 6.57. The molecule has 2 aromatic heterocycles. The fraction of sp³-hybridized carbons (Fsp3) is 0.333. The van der Waals surface area contributed by atoms with E-state index in [0.29, 0.717) is 18.1 Å². The van der Waals surface area contributed by atoms with Gasteiger partial charge in [0.2, 0.25) is 5.88 Å². The Morgan fingerprint density at radius 1 is 1.15 bits per heavy atom. The Morgan fingerprint density at radius 2 is 1.85 bits per heavy atom. The molecule has 2 rings (SSSR count). The molecule has 5 nitrogen and oxygen atoms in total. The number of hydrogen-bond acceptors (Lipinski definition) is 5. The van der Waals surface area contributed by atoms with Crippen LogP contribution in [0.5, 0.6) is 5.88 Å². The van der Waals surface area contributed by atoms with Crippen molar-refractivity contribution in [2.24, 2.45) is 0 Å². The van der Waals surface area contributed by atoms with Crippen LogP contribution in [0.25, 0.3) is 0 Å². The molecular formula is C15H20N4O. The summed E-state index contributed by atoms with van der Waals surface area (Å²) in [6.07, 6.45) is 3.53. The Morgan fingerprint density at radius 3 is 2.50 bits per heavy atom. The van der Waals surface area contributed by atoms with Crippen molar-refractivity contribution in [3.8, 4) is 5.88 Å². The minimum atomic E-state index is -0.329. The zero-order valence-electron chi connectivity index (χ0n) is 12.1. The topological polar surface area (TPSA) is 73.1 Å². The highest BCUT2D eigenvalue weighted by Crippen LogP contribution is 2.25. The summed E-state index contributed by atoms with van der Waals surface area (Å²) in [4.78, 5) is 8.39. The quantitative estimate of drug-likeness (QED) is 0.895. The van der Waals surface area contributed by atoms with E-state index >= 15 is 0 Å². The van der Waals surface area contributed by atoms with Gasteiger partial charge in [-0.15, -0.1) is 0 Å². The second-order valence-electron chi connectivity index (χ2n) is 5.51. The van der Waals surface area contributed by atoms with Gasteiger partial charge in [0, 0.05) is 18.9 Å². The smallest absolute Gasteiger partial charge is 0.239 e. The SMILES string of the molecule is CC(C)(C)Oc1nc(NCc2ccncc2)ccc1N. The Bertz CT molecular complexity index is 564. The third kappa shape index (κ3) is 4.12. The molecule has 0 amide bonds. The second-order valence-corrected chi connectivity index (χ2v) is 5.51. The van der Waals surface area contributed by atoms with Gasteiger partial charge in [-0.2, -0.15) is 4.98 Å². The van der Waals surface area contributed by atoms with E-state index in [1.165, 1.54) is 0 Å². The average Bonchev–Trinajstić information content (AvgIpc) is 2.39. The minimum Gasteiger partial charge on any atom is -0.470 e. The molecule has 0 radical (unpaired) electrons. The number of nitrogens with zero attached hydrogens (tertiary/aromatic N) is 2. The largest absolute Gasteiger partial charge is 0.470 e. The molecule has 0 saturated heterocycles. The molecule has 0 aliphatic carbocycles. The number of nitrogens with two attached hydrogens (primary N) is 1. The molecule has 0 atom stereocenters. The first-order valence-electron chi connectivity index (χ1n) is 6.52. The molecule has 5 heteroatoms. The molecule has 0 saturated carbocycles. The lowest BCUT2D eigenvalue weighted by Gasteiger charge is -2.21. The van der Waals surface area contributed by atoms with E-state index in [2.05, 4.69) is 15.3 Å². The number of nitrogen functional groups attached to an aromatic ring is 1. The van der Waals surface area contributed by atoms with Crippen molar-refractivity contribution in [3.63, 3.8) is 0 Å². The molecule has 0 unspecified atom stereocenters. The Hall–Kier alpha value is -2.30. The van der Waals surface area contributed by atoms with Crippen LogP contribution in [0.2, 0.25) is 0 Å². The molecule has 0 bridgehead atoms. The molecule has 106 valence electrons. The van der Waals surface area contributed by atoms with Crippen LogP contribution in [-0.4, -0.2) is 15.6 Å². The Balaban J connectivity index is 2.07. The number of aromatic nitrogens is 2. The number of anilines is 2. The van der Waals surface area contributed by atoms with Gasteiger partial charge in [0.25, 0.3) is 0 Å². The predicted molar refractivity (Wildman–Crippen MR) is 80.6 cm³/mol. The van der Waals surface area contributed by atoms with Crippen molar-refractivity contribution in [1.29, 1.82) is 0 Å². The van der Waals surface area contributed by atoms with Crippen LogP contribution in [0.1, 0.15) is 26.3 Å². The Kier molecular flexibility index (Phi) is 4.08. The first-order valence-corrected chi connectivity index (χ1v) is 6.52. The lowest BCUT2D eigenvalue weighted by atomic mass is 10.2. The van der Waals surface area contributed by atoms with Crippen molar-refractivity contribution in [2.45, 2.75) is 32.9 Å². The van der Waals surface area contributed by atoms with Crippen molar-refractivity contribution in [1.82, 2.24) is 9.97 Å². The number of rotatable bonds is 4. The van der Waals surface area contributed by atoms with Gasteiger partial charge in [0.15, 0.2) is 0 Å². The molecule has 20 heavy (non-hydrogen) atoms. The van der Waals surface area contributed by atoms with Gasteiger partial charge < -0.3 is 15.8 Å². The Labute approximate surface area is 119 Å². The van der Waals surface area contributed by atoms with Crippen LogP contribution >= 0.6 is 0 Å². The number of nitrogens with one attached hydrogen (secondary N) is 1. The van der Waals surface area contributed by atoms with Crippen LogP contribution in [0.15, 0.2) is 36.7 Å². The fourth-order valence-electron chi connectivity index (χ4n) is 1.61. The number of ether oxygens (including phenoxy) is 1. The number of pyridine rings is 2. The summed E-state index contributed by atoms with van der Waals surface area (Å²) in [5.41, 5.74) is 7.22. The maximum Gasteiger partial charge on any atom is 0.239 e. The summed E-state index contributed by atoms with van der Waals surface area (Å²) in [5.74, 6) is 1.19. The molecule has 2 heterocycles. The summed E-state index contributed by atoms with van der Waals surface area (Å²) in [5, 5.41) is 3.24. The highest BCUT2D eigenvalue weighted by molar-refractivity contribution is 5.53. The van der Waals surface area contributed by atoms with Crippen LogP contribution in [0, 0.1) is 0 Å². The van der Waals surface area contributed by atoms with E-state index in [0.717, 1.165) is 11.4 Å². The van der Waals surface area contributed by atoms with Gasteiger partial charge in [0.05, 0.1) is 5.69 Å². The second kappa shape index (κ2) is 5.77. The van der Waals surface area contributed by atoms with Gasteiger partial charge in [-0.25, -0.2) is 0 Å². The molecule has 2 aromatic rings. The highest BCUT2D eigenvalue weighted by Gasteiger charge is 2.15. The third-order valence-corrected chi connectivity index (χ3v) is 2.52. The van der Waals surface area contributed by atoms with Crippen LogP contribution < -0.4 is 15.8 Å². The maximum absolute atomic E-state index is 5.88. The molecule has 0 fully saturated rings. The summed E-state index contributed by atoms with van der Waals surface area (Å²) < 4.78 is 5.74. The van der Waals surface area contributed by atoms with E-state index < -0.39 is 0 Å². The monoisotopic (exact) mass is 272 g/mol. The van der Waals surface area contributed by atoms with Crippen molar-refractivity contribution in [2.75, 3.05) is 11.1 Å². The zero-order valence-corrected chi connectivity index (χ0v) is 12.1. The lowest BCUT2D eigenvalue weighted by Crippen LogP contribution is -2.24. The number of hydrogen-bond donors (Lipinski definition) is 2. The van der Waals surface area contributed by atoms with Gasteiger partial charge in [-0.05, 0) is 50.6 Å². The normalized spacial score (nSPS) is 11.2. The van der Waals surface area contributed by atoms with E-state index in [4.69, 9.17) is 10.5 Å². The molecule has 3 N–H and O–H groups in total. The van der Waals surface area contributed by atoms with E-state index in [9.17, 15) is 0 Å². The van der Waals surface area contributed by atoms with Gasteiger partial charge >= 0.3 is 0 Å². The molecule has 0 aliphatic heterocycles. The first kappa shape index (κ1) is 14.1. The molecule has 0 spiro atoms. The van der Waals surface area contributed by atoms with Crippen molar-refractivity contribution in [3.05, 3.63) is 42.2 Å². The van der Waals surface area contributed by atoms with E-state index in [1.54, 1.807) is 18.5 Å². The fourth-order valence-corrected chi connectivity index (χ4v) is 1.61. The lowest BCUT2D eigenvalue weighted by molar-refractivity contribution is 0.125. The molecular weight excluding hydrogens is 252 g/mol. The van der Waals surface area contributed by atoms with Gasteiger partial charge in [0.1, 0.15) is 11.4 Å². The van der Waals surface area contributed by atoms with E-state index in [-0.39, 0.29) is 5.60 Å². The van der Waals surface area contributed by atoms with E-state index in [1.807, 2.05) is 39.0 Å². The van der Waals surface area contributed by atoms with Crippen LogP contribution in [0.3, 0.4) is 0 Å². The molecule has 0 aromatic carbocycles. The maximum atomic E-state index is 5.88. The van der Waals surface area contributed by atoms with Crippen LogP contribution in [0.4, 0.5) is 11.5 Å². The van der Waals surface area contributed by atoms with Crippen molar-refractivity contribution < 1.29 is 4.74 Å². The predicted octanol–water partition coefficient (Wildman–Crippen LogP) is 2.85. The highest BCUT2D eigenvalue weighted by atomic mass is 16.5. The average molecular weight is 272 g/mol. The molecule has 0 aliphatic rings. The van der Waals surface area contributed by atoms with Gasteiger partial charge in [-0.3, -0.25) is 4.98 Å². The summed E-state index contributed by atoms with van der Waals surface area (Å²) in [6, 6.07) is 7.54. The standard InChI is InChI=1S/C15H20N4O/c1-15(2,3)20-14-12(16)4-5-13(19-14)18-10-11-6-8-17-9-7-11/h4-9H,10,16H2,1-3H3,(H,18,19). The summed E-state index contributed by atoms with van der Waals surface area (Å²) in [7, 11) is 0. The summed E-state index contributed by atoms with van der Waals surface area (Å²) >= 11 is 0. The van der Waals surface area contributed by atoms with Crippen LogP contribution in [-0.2, 0) is 6.54 Å². The first-order chi connectivity index (χ1) is 9.44. The zero-order chi connectivity index (χ0) is 14.6. The van der Waals surface area contributed by atoms with Gasteiger partial charge in [-0.1, -0.05) is 0 Å².